The number of rotatable bonds is 5. The molecule has 0 saturated heterocycles. The molecule has 0 bridgehead atoms. The van der Waals surface area contributed by atoms with Crippen LogP contribution in [0.25, 0.3) is 0 Å². The molecule has 0 amide bonds. The molecule has 0 atom stereocenters. The van der Waals surface area contributed by atoms with Gasteiger partial charge >= 0.3 is 0 Å². The third-order valence-electron chi connectivity index (χ3n) is 2.16. The molecule has 0 radical (unpaired) electrons. The summed E-state index contributed by atoms with van der Waals surface area (Å²) in [5.41, 5.74) is 0. The Hall–Kier alpha value is -1.36. The fourth-order valence-electron chi connectivity index (χ4n) is 1.37. The first kappa shape index (κ1) is 11.1. The molecule has 2 aromatic heterocycles. The summed E-state index contributed by atoms with van der Waals surface area (Å²) in [5.74, 6) is 0.906. The van der Waals surface area contributed by atoms with Crippen LogP contribution in [0.15, 0.2) is 41.3 Å². The van der Waals surface area contributed by atoms with E-state index in [1.54, 1.807) is 12.4 Å². The number of aryl methyl sites for hydroxylation is 1. The minimum Gasteiger partial charge on any atom is -0.370 e. The van der Waals surface area contributed by atoms with Gasteiger partial charge in [0.2, 0.25) is 0 Å². The van der Waals surface area contributed by atoms with E-state index in [2.05, 4.69) is 31.3 Å². The molecule has 0 aromatic carbocycles. The summed E-state index contributed by atoms with van der Waals surface area (Å²) in [5, 5.41) is 7.40. The van der Waals surface area contributed by atoms with Crippen LogP contribution < -0.4 is 5.32 Å². The minimum atomic E-state index is 0.897. The largest absolute Gasteiger partial charge is 0.370 e. The van der Waals surface area contributed by atoms with Crippen molar-refractivity contribution in [1.29, 1.82) is 0 Å². The van der Waals surface area contributed by atoms with Crippen LogP contribution in [0.2, 0.25) is 0 Å². The summed E-state index contributed by atoms with van der Waals surface area (Å²) < 4.78 is 2.92. The summed E-state index contributed by atoms with van der Waals surface area (Å²) in [6.45, 7) is 1.82. The van der Waals surface area contributed by atoms with Crippen LogP contribution in [0.4, 0.5) is 5.82 Å². The van der Waals surface area contributed by atoms with Crippen molar-refractivity contribution in [3.63, 3.8) is 0 Å². The molecule has 5 heteroatoms. The molecule has 2 aromatic rings. The van der Waals surface area contributed by atoms with Gasteiger partial charge in [-0.1, -0.05) is 0 Å². The van der Waals surface area contributed by atoms with Crippen molar-refractivity contribution >= 4 is 21.7 Å². The van der Waals surface area contributed by atoms with Crippen LogP contribution in [0, 0.1) is 0 Å². The van der Waals surface area contributed by atoms with Gasteiger partial charge in [0.25, 0.3) is 0 Å². The summed E-state index contributed by atoms with van der Waals surface area (Å²) in [6.07, 6.45) is 6.58. The van der Waals surface area contributed by atoms with Gasteiger partial charge in [0.05, 0.1) is 0 Å². The Morgan fingerprint density at radius 1 is 1.38 bits per heavy atom. The quantitative estimate of drug-likeness (QED) is 0.856. The van der Waals surface area contributed by atoms with Gasteiger partial charge in [0.15, 0.2) is 0 Å². The Morgan fingerprint density at radius 2 is 2.31 bits per heavy atom. The molecular formula is C11H13BrN4. The third kappa shape index (κ3) is 3.34. The number of hydrogen-bond acceptors (Lipinski definition) is 3. The van der Waals surface area contributed by atoms with Gasteiger partial charge in [-0.3, -0.25) is 4.68 Å². The van der Waals surface area contributed by atoms with Crippen molar-refractivity contribution in [2.24, 2.45) is 0 Å². The first-order valence-electron chi connectivity index (χ1n) is 5.17. The molecule has 0 aliphatic rings. The minimum absolute atomic E-state index is 0.897. The second-order valence-electron chi connectivity index (χ2n) is 3.41. The Kier molecular flexibility index (Phi) is 3.93. The average molecular weight is 281 g/mol. The predicted octanol–water partition coefficient (Wildman–Crippen LogP) is 2.54. The molecular weight excluding hydrogens is 268 g/mol. The molecule has 4 nitrogen and oxygen atoms in total. The molecule has 0 saturated carbocycles. The zero-order valence-corrected chi connectivity index (χ0v) is 10.4. The molecule has 16 heavy (non-hydrogen) atoms. The number of anilines is 1. The van der Waals surface area contributed by atoms with Crippen molar-refractivity contribution in [2.75, 3.05) is 11.9 Å². The third-order valence-corrected chi connectivity index (χ3v) is 2.63. The fourth-order valence-corrected chi connectivity index (χ4v) is 1.61. The molecule has 1 N–H and O–H groups in total. The van der Waals surface area contributed by atoms with E-state index in [1.165, 1.54) is 0 Å². The lowest BCUT2D eigenvalue weighted by Crippen LogP contribution is -2.07. The van der Waals surface area contributed by atoms with Crippen LogP contribution in [0.5, 0.6) is 0 Å². The highest BCUT2D eigenvalue weighted by molar-refractivity contribution is 9.10. The molecule has 0 spiro atoms. The van der Waals surface area contributed by atoms with Gasteiger partial charge in [-0.15, -0.1) is 0 Å². The van der Waals surface area contributed by atoms with E-state index in [-0.39, 0.29) is 0 Å². The first-order chi connectivity index (χ1) is 7.84. The zero-order chi connectivity index (χ0) is 11.2. The lowest BCUT2D eigenvalue weighted by atomic mass is 10.4. The van der Waals surface area contributed by atoms with Gasteiger partial charge in [-0.05, 0) is 40.5 Å². The van der Waals surface area contributed by atoms with E-state index in [9.17, 15) is 0 Å². The van der Waals surface area contributed by atoms with E-state index < -0.39 is 0 Å². The van der Waals surface area contributed by atoms with Crippen molar-refractivity contribution in [3.05, 3.63) is 41.3 Å². The molecule has 2 rings (SSSR count). The summed E-state index contributed by atoms with van der Waals surface area (Å²) in [7, 11) is 0. The Morgan fingerprint density at radius 3 is 3.00 bits per heavy atom. The lowest BCUT2D eigenvalue weighted by molar-refractivity contribution is 0.591. The molecule has 0 aliphatic carbocycles. The van der Waals surface area contributed by atoms with E-state index in [0.29, 0.717) is 0 Å². The number of pyridine rings is 1. The number of aromatic nitrogens is 3. The van der Waals surface area contributed by atoms with Gasteiger partial charge in [-0.2, -0.15) is 5.10 Å². The molecule has 0 unspecified atom stereocenters. The second-order valence-corrected chi connectivity index (χ2v) is 4.33. The van der Waals surface area contributed by atoms with Crippen molar-refractivity contribution in [2.45, 2.75) is 13.0 Å². The van der Waals surface area contributed by atoms with Crippen LogP contribution in [0.1, 0.15) is 6.42 Å². The topological polar surface area (TPSA) is 42.7 Å². The van der Waals surface area contributed by atoms with Crippen LogP contribution in [-0.2, 0) is 6.54 Å². The number of nitrogens with one attached hydrogen (secondary N) is 1. The smallest absolute Gasteiger partial charge is 0.125 e. The molecule has 0 fully saturated rings. The number of halogens is 1. The van der Waals surface area contributed by atoms with E-state index in [4.69, 9.17) is 0 Å². The van der Waals surface area contributed by atoms with Crippen molar-refractivity contribution in [1.82, 2.24) is 14.8 Å². The zero-order valence-electron chi connectivity index (χ0n) is 8.81. The maximum atomic E-state index is 4.23. The normalized spacial score (nSPS) is 10.3. The predicted molar refractivity (Wildman–Crippen MR) is 67.3 cm³/mol. The highest BCUT2D eigenvalue weighted by Gasteiger charge is 1.94. The van der Waals surface area contributed by atoms with E-state index in [0.717, 1.165) is 29.8 Å². The van der Waals surface area contributed by atoms with Crippen LogP contribution in [-0.4, -0.2) is 21.3 Å². The maximum absolute atomic E-state index is 4.23. The van der Waals surface area contributed by atoms with Crippen molar-refractivity contribution < 1.29 is 0 Å². The summed E-state index contributed by atoms with van der Waals surface area (Å²) in [6, 6.07) is 5.87. The van der Waals surface area contributed by atoms with Crippen LogP contribution in [0.3, 0.4) is 0 Å². The molecule has 0 aliphatic heterocycles. The molecule has 2 heterocycles. The standard InChI is InChI=1S/C11H13BrN4/c12-10-3-4-11(14-9-10)13-5-1-7-16-8-2-6-15-16/h2-4,6,8-9H,1,5,7H2,(H,13,14). The van der Waals surface area contributed by atoms with Gasteiger partial charge in [-0.25, -0.2) is 4.98 Å². The van der Waals surface area contributed by atoms with Crippen LogP contribution >= 0.6 is 15.9 Å². The number of hydrogen-bond donors (Lipinski definition) is 1. The number of nitrogens with zero attached hydrogens (tertiary/aromatic N) is 3. The summed E-state index contributed by atoms with van der Waals surface area (Å²) in [4.78, 5) is 4.23. The second kappa shape index (κ2) is 5.65. The fraction of sp³-hybridized carbons (Fsp3) is 0.273. The SMILES string of the molecule is Brc1ccc(NCCCn2cccn2)nc1. The van der Waals surface area contributed by atoms with E-state index in [1.807, 2.05) is 29.1 Å². The Labute approximate surface area is 103 Å². The van der Waals surface area contributed by atoms with Gasteiger partial charge in [0, 0.05) is 36.2 Å². The van der Waals surface area contributed by atoms with E-state index >= 15 is 0 Å². The highest BCUT2D eigenvalue weighted by atomic mass is 79.9. The average Bonchev–Trinajstić information content (AvgIpc) is 2.80. The van der Waals surface area contributed by atoms with Gasteiger partial charge in [0.1, 0.15) is 5.82 Å². The Balaban J connectivity index is 1.70. The molecule has 84 valence electrons. The Bertz CT molecular complexity index is 410. The maximum Gasteiger partial charge on any atom is 0.125 e. The van der Waals surface area contributed by atoms with Gasteiger partial charge < -0.3 is 5.32 Å². The summed E-state index contributed by atoms with van der Waals surface area (Å²) >= 11 is 3.35. The van der Waals surface area contributed by atoms with Crippen molar-refractivity contribution in [3.8, 4) is 0 Å². The monoisotopic (exact) mass is 280 g/mol. The highest BCUT2D eigenvalue weighted by Crippen LogP contribution is 2.10. The first-order valence-corrected chi connectivity index (χ1v) is 5.97. The lowest BCUT2D eigenvalue weighted by Gasteiger charge is -2.05.